The molecule has 0 saturated heterocycles. The minimum atomic E-state index is 0.944. The Hall–Kier alpha value is -2.04. The van der Waals surface area contributed by atoms with E-state index in [1.165, 1.54) is 11.4 Å². The summed E-state index contributed by atoms with van der Waals surface area (Å²) in [5.74, 6) is 0. The molecule has 0 aliphatic carbocycles. The summed E-state index contributed by atoms with van der Waals surface area (Å²) in [4.78, 5) is 0. The molecular formula is C18H26N4. The summed E-state index contributed by atoms with van der Waals surface area (Å²) >= 11 is 0. The van der Waals surface area contributed by atoms with Gasteiger partial charge < -0.3 is 21.3 Å². The standard InChI is InChI=1S/C18H26N4/c1-3-7-17(8-4-1)21-15-13-19-11-12-20-14-16-22-18-9-5-2-6-10-18/h1-10,19-22H,11-16H2. The van der Waals surface area contributed by atoms with Crippen molar-refractivity contribution in [3.05, 3.63) is 60.7 Å². The van der Waals surface area contributed by atoms with Crippen LogP contribution in [0.5, 0.6) is 0 Å². The van der Waals surface area contributed by atoms with Crippen LogP contribution in [-0.4, -0.2) is 39.3 Å². The van der Waals surface area contributed by atoms with Crippen molar-refractivity contribution in [1.82, 2.24) is 10.6 Å². The molecule has 0 atom stereocenters. The van der Waals surface area contributed by atoms with Crippen molar-refractivity contribution in [2.75, 3.05) is 49.9 Å². The van der Waals surface area contributed by atoms with E-state index in [1.807, 2.05) is 36.4 Å². The summed E-state index contributed by atoms with van der Waals surface area (Å²) in [6.07, 6.45) is 0. The van der Waals surface area contributed by atoms with Gasteiger partial charge in [-0.25, -0.2) is 0 Å². The first-order valence-electron chi connectivity index (χ1n) is 7.94. The second-order valence-corrected chi connectivity index (χ2v) is 5.09. The Morgan fingerprint density at radius 2 is 0.818 bits per heavy atom. The number of hydrogen-bond donors (Lipinski definition) is 4. The van der Waals surface area contributed by atoms with Gasteiger partial charge in [0, 0.05) is 50.6 Å². The van der Waals surface area contributed by atoms with Gasteiger partial charge in [0.05, 0.1) is 0 Å². The fourth-order valence-electron chi connectivity index (χ4n) is 2.13. The van der Waals surface area contributed by atoms with Crippen LogP contribution in [0, 0.1) is 0 Å². The Morgan fingerprint density at radius 1 is 0.455 bits per heavy atom. The van der Waals surface area contributed by atoms with Crippen LogP contribution in [0.25, 0.3) is 0 Å². The Morgan fingerprint density at radius 3 is 1.23 bits per heavy atom. The van der Waals surface area contributed by atoms with E-state index in [-0.39, 0.29) is 0 Å². The Balaban J connectivity index is 1.37. The first-order chi connectivity index (χ1) is 10.9. The number of hydrogen-bond acceptors (Lipinski definition) is 4. The van der Waals surface area contributed by atoms with Crippen LogP contribution in [0.4, 0.5) is 11.4 Å². The van der Waals surface area contributed by atoms with Crippen LogP contribution in [0.2, 0.25) is 0 Å². The highest BCUT2D eigenvalue weighted by molar-refractivity contribution is 5.42. The highest BCUT2D eigenvalue weighted by atomic mass is 15.0. The van der Waals surface area contributed by atoms with Gasteiger partial charge in [-0.3, -0.25) is 0 Å². The third kappa shape index (κ3) is 7.11. The zero-order chi connectivity index (χ0) is 15.3. The summed E-state index contributed by atoms with van der Waals surface area (Å²) in [5.41, 5.74) is 2.35. The predicted molar refractivity (Wildman–Crippen MR) is 95.6 cm³/mol. The van der Waals surface area contributed by atoms with Crippen LogP contribution in [0.1, 0.15) is 0 Å². The number of anilines is 2. The minimum Gasteiger partial charge on any atom is -0.384 e. The van der Waals surface area contributed by atoms with Crippen LogP contribution >= 0.6 is 0 Å². The molecule has 2 aromatic rings. The number of nitrogens with one attached hydrogen (secondary N) is 4. The average molecular weight is 298 g/mol. The highest BCUT2D eigenvalue weighted by Crippen LogP contribution is 2.03. The normalized spacial score (nSPS) is 10.4. The SMILES string of the molecule is c1ccc(NCCNCCNCCNc2ccccc2)cc1. The molecular weight excluding hydrogens is 272 g/mol. The summed E-state index contributed by atoms with van der Waals surface area (Å²) in [7, 11) is 0. The largest absolute Gasteiger partial charge is 0.384 e. The molecule has 0 amide bonds. The maximum atomic E-state index is 3.42. The molecule has 0 aromatic heterocycles. The third-order valence-electron chi connectivity index (χ3n) is 3.29. The van der Waals surface area contributed by atoms with Crippen molar-refractivity contribution < 1.29 is 0 Å². The molecule has 0 unspecified atom stereocenters. The van der Waals surface area contributed by atoms with Gasteiger partial charge in [-0.15, -0.1) is 0 Å². The Labute approximate surface area is 133 Å². The molecule has 0 aliphatic rings. The monoisotopic (exact) mass is 298 g/mol. The molecule has 2 aromatic carbocycles. The topological polar surface area (TPSA) is 48.1 Å². The van der Waals surface area contributed by atoms with E-state index in [4.69, 9.17) is 0 Å². The molecule has 0 fully saturated rings. The molecule has 118 valence electrons. The van der Waals surface area contributed by atoms with Crippen molar-refractivity contribution in [2.45, 2.75) is 0 Å². The zero-order valence-corrected chi connectivity index (χ0v) is 13.0. The smallest absolute Gasteiger partial charge is 0.0340 e. The van der Waals surface area contributed by atoms with Gasteiger partial charge in [-0.05, 0) is 24.3 Å². The van der Waals surface area contributed by atoms with Crippen LogP contribution in [0.15, 0.2) is 60.7 Å². The van der Waals surface area contributed by atoms with Crippen molar-refractivity contribution in [2.24, 2.45) is 0 Å². The van der Waals surface area contributed by atoms with Crippen molar-refractivity contribution in [3.8, 4) is 0 Å². The van der Waals surface area contributed by atoms with E-state index in [1.54, 1.807) is 0 Å². The van der Waals surface area contributed by atoms with Crippen LogP contribution in [0.3, 0.4) is 0 Å². The van der Waals surface area contributed by atoms with Gasteiger partial charge in [0.1, 0.15) is 0 Å². The molecule has 0 heterocycles. The predicted octanol–water partition coefficient (Wildman–Crippen LogP) is 2.39. The Bertz CT molecular complexity index is 439. The van der Waals surface area contributed by atoms with Gasteiger partial charge in [-0.2, -0.15) is 0 Å². The molecule has 0 aliphatic heterocycles. The van der Waals surface area contributed by atoms with Crippen molar-refractivity contribution in [1.29, 1.82) is 0 Å². The molecule has 0 bridgehead atoms. The quantitative estimate of drug-likeness (QED) is 0.481. The van der Waals surface area contributed by atoms with Crippen molar-refractivity contribution in [3.63, 3.8) is 0 Å². The van der Waals surface area contributed by atoms with E-state index in [2.05, 4.69) is 45.5 Å². The van der Waals surface area contributed by atoms with E-state index in [9.17, 15) is 0 Å². The average Bonchev–Trinajstić information content (AvgIpc) is 2.58. The minimum absolute atomic E-state index is 0.944. The van der Waals surface area contributed by atoms with Gasteiger partial charge in [0.25, 0.3) is 0 Å². The lowest BCUT2D eigenvalue weighted by Gasteiger charge is -2.09. The third-order valence-corrected chi connectivity index (χ3v) is 3.29. The summed E-state index contributed by atoms with van der Waals surface area (Å²) in [6.45, 7) is 5.81. The molecule has 2 rings (SSSR count). The van der Waals surface area contributed by atoms with Gasteiger partial charge in [0.15, 0.2) is 0 Å². The molecule has 0 spiro atoms. The first-order valence-corrected chi connectivity index (χ1v) is 7.94. The molecule has 22 heavy (non-hydrogen) atoms. The summed E-state index contributed by atoms with van der Waals surface area (Å²) in [5, 5.41) is 13.6. The second-order valence-electron chi connectivity index (χ2n) is 5.09. The van der Waals surface area contributed by atoms with Crippen LogP contribution < -0.4 is 21.3 Å². The van der Waals surface area contributed by atoms with E-state index < -0.39 is 0 Å². The van der Waals surface area contributed by atoms with E-state index in [0.717, 1.165) is 39.3 Å². The molecule has 0 radical (unpaired) electrons. The highest BCUT2D eigenvalue weighted by Gasteiger charge is 1.91. The number of rotatable bonds is 11. The zero-order valence-electron chi connectivity index (χ0n) is 13.0. The maximum Gasteiger partial charge on any atom is 0.0340 e. The summed E-state index contributed by atoms with van der Waals surface area (Å²) in [6, 6.07) is 20.6. The lowest BCUT2D eigenvalue weighted by molar-refractivity contribution is 0.627. The molecule has 4 heteroatoms. The fourth-order valence-corrected chi connectivity index (χ4v) is 2.13. The van der Waals surface area contributed by atoms with E-state index >= 15 is 0 Å². The molecule has 4 N–H and O–H groups in total. The van der Waals surface area contributed by atoms with Gasteiger partial charge in [-0.1, -0.05) is 36.4 Å². The molecule has 4 nitrogen and oxygen atoms in total. The lowest BCUT2D eigenvalue weighted by atomic mass is 10.3. The number of benzene rings is 2. The van der Waals surface area contributed by atoms with Gasteiger partial charge >= 0.3 is 0 Å². The Kier molecular flexibility index (Phi) is 7.91. The van der Waals surface area contributed by atoms with Crippen LogP contribution in [-0.2, 0) is 0 Å². The summed E-state index contributed by atoms with van der Waals surface area (Å²) < 4.78 is 0. The second kappa shape index (κ2) is 10.7. The first kappa shape index (κ1) is 16.3. The van der Waals surface area contributed by atoms with Crippen molar-refractivity contribution >= 4 is 11.4 Å². The lowest BCUT2D eigenvalue weighted by Crippen LogP contribution is -2.32. The fraction of sp³-hybridized carbons (Fsp3) is 0.333. The van der Waals surface area contributed by atoms with Gasteiger partial charge in [0.2, 0.25) is 0 Å². The molecule has 0 saturated carbocycles. The maximum absolute atomic E-state index is 3.42. The number of para-hydroxylation sites is 2. The van der Waals surface area contributed by atoms with E-state index in [0.29, 0.717) is 0 Å².